The Bertz CT molecular complexity index is 833. The summed E-state index contributed by atoms with van der Waals surface area (Å²) >= 11 is 1.23. The topological polar surface area (TPSA) is 122 Å². The fraction of sp³-hybridized carbons (Fsp3) is 0.353. The molecule has 1 heterocycles. The van der Waals surface area contributed by atoms with E-state index < -0.39 is 22.7 Å². The van der Waals surface area contributed by atoms with E-state index in [0.717, 1.165) is 12.8 Å². The third-order valence-electron chi connectivity index (χ3n) is 4.53. The molecule has 136 valence electrons. The lowest BCUT2D eigenvalue weighted by atomic mass is 9.79. The fourth-order valence-electron chi connectivity index (χ4n) is 3.16. The number of carbonyl (C=O) groups is 2. The number of carbonyl (C=O) groups excluding carboxylic acids is 1. The van der Waals surface area contributed by atoms with Crippen molar-refractivity contribution in [2.75, 3.05) is 5.32 Å². The molecule has 1 fully saturated rings. The summed E-state index contributed by atoms with van der Waals surface area (Å²) < 4.78 is 0. The van der Waals surface area contributed by atoms with Crippen molar-refractivity contribution in [3.05, 3.63) is 39.8 Å². The summed E-state index contributed by atoms with van der Waals surface area (Å²) in [6, 6.07) is 5.99. The van der Waals surface area contributed by atoms with Gasteiger partial charge in [0.05, 0.1) is 22.5 Å². The van der Waals surface area contributed by atoms with E-state index in [0.29, 0.717) is 29.2 Å². The lowest BCUT2D eigenvalue weighted by Gasteiger charge is -2.26. The largest absolute Gasteiger partial charge is 0.481 e. The molecule has 0 saturated heterocycles. The van der Waals surface area contributed by atoms with Crippen LogP contribution in [0.2, 0.25) is 0 Å². The Morgan fingerprint density at radius 3 is 2.46 bits per heavy atom. The summed E-state index contributed by atoms with van der Waals surface area (Å²) in [5.41, 5.74) is 1.29. The Morgan fingerprint density at radius 2 is 1.85 bits per heavy atom. The number of hydrogen-bond donors (Lipinski definition) is 2. The van der Waals surface area contributed by atoms with Gasteiger partial charge in [0.25, 0.3) is 5.69 Å². The van der Waals surface area contributed by atoms with Gasteiger partial charge in [-0.3, -0.25) is 19.7 Å². The van der Waals surface area contributed by atoms with Gasteiger partial charge in [-0.2, -0.15) is 0 Å². The van der Waals surface area contributed by atoms with Gasteiger partial charge in [-0.1, -0.05) is 12.8 Å². The van der Waals surface area contributed by atoms with Crippen LogP contribution in [0, 0.1) is 22.0 Å². The number of aliphatic carboxylic acids is 1. The number of nitro benzene ring substituents is 1. The van der Waals surface area contributed by atoms with Crippen molar-refractivity contribution in [3.63, 3.8) is 0 Å². The molecule has 1 amide bonds. The molecule has 1 aliphatic carbocycles. The first-order valence-electron chi connectivity index (χ1n) is 8.19. The normalized spacial score (nSPS) is 19.7. The zero-order valence-corrected chi connectivity index (χ0v) is 14.6. The molecule has 0 radical (unpaired) electrons. The average Bonchev–Trinajstić information content (AvgIpc) is 3.10. The summed E-state index contributed by atoms with van der Waals surface area (Å²) in [6.07, 6.45) is 2.73. The highest BCUT2D eigenvalue weighted by Crippen LogP contribution is 2.32. The number of benzene rings is 1. The number of hydrogen-bond acceptors (Lipinski definition) is 6. The van der Waals surface area contributed by atoms with Gasteiger partial charge in [-0.25, -0.2) is 4.98 Å². The number of rotatable bonds is 5. The zero-order valence-electron chi connectivity index (χ0n) is 13.8. The van der Waals surface area contributed by atoms with E-state index in [1.54, 1.807) is 17.5 Å². The summed E-state index contributed by atoms with van der Waals surface area (Å²) in [7, 11) is 0. The number of nitrogens with zero attached hydrogens (tertiary/aromatic N) is 2. The number of anilines is 1. The Hall–Kier alpha value is -2.81. The highest BCUT2D eigenvalue weighted by molar-refractivity contribution is 7.14. The number of nitrogens with one attached hydrogen (secondary N) is 1. The van der Waals surface area contributed by atoms with Gasteiger partial charge in [0.15, 0.2) is 5.13 Å². The van der Waals surface area contributed by atoms with Crippen LogP contribution in [-0.2, 0) is 9.59 Å². The molecule has 1 saturated carbocycles. The molecule has 2 N–H and O–H groups in total. The summed E-state index contributed by atoms with van der Waals surface area (Å²) in [5.74, 6) is -2.46. The molecule has 9 heteroatoms. The Morgan fingerprint density at radius 1 is 1.19 bits per heavy atom. The smallest absolute Gasteiger partial charge is 0.307 e. The minimum Gasteiger partial charge on any atom is -0.481 e. The van der Waals surface area contributed by atoms with Crippen LogP contribution in [-0.4, -0.2) is 26.9 Å². The van der Waals surface area contributed by atoms with Crippen molar-refractivity contribution >= 4 is 34.0 Å². The molecule has 0 aliphatic heterocycles. The van der Waals surface area contributed by atoms with E-state index >= 15 is 0 Å². The SMILES string of the molecule is O=C(Nc1nc(-c2ccc([N+](=O)[O-])cc2)cs1)[C@H]1CCCC[C@H]1C(=O)O. The first-order chi connectivity index (χ1) is 12.5. The van der Waals surface area contributed by atoms with Crippen LogP contribution in [0.5, 0.6) is 0 Å². The van der Waals surface area contributed by atoms with E-state index in [1.165, 1.54) is 23.5 Å². The van der Waals surface area contributed by atoms with Crippen LogP contribution < -0.4 is 5.32 Å². The number of carboxylic acids is 1. The zero-order chi connectivity index (χ0) is 18.7. The third kappa shape index (κ3) is 3.88. The predicted octanol–water partition coefficient (Wildman–Crippen LogP) is 3.55. The molecule has 1 aromatic heterocycles. The van der Waals surface area contributed by atoms with Gasteiger partial charge in [0.2, 0.25) is 5.91 Å². The van der Waals surface area contributed by atoms with E-state index in [-0.39, 0.29) is 11.6 Å². The molecular weight excluding hydrogens is 358 g/mol. The van der Waals surface area contributed by atoms with Crippen LogP contribution in [0.4, 0.5) is 10.8 Å². The second kappa shape index (κ2) is 7.61. The third-order valence-corrected chi connectivity index (χ3v) is 5.29. The van der Waals surface area contributed by atoms with E-state index in [4.69, 9.17) is 0 Å². The Kier molecular flexibility index (Phi) is 5.27. The maximum Gasteiger partial charge on any atom is 0.307 e. The summed E-state index contributed by atoms with van der Waals surface area (Å²) in [4.78, 5) is 38.4. The predicted molar refractivity (Wildman–Crippen MR) is 95.9 cm³/mol. The quantitative estimate of drug-likeness (QED) is 0.609. The Labute approximate surface area is 153 Å². The molecule has 26 heavy (non-hydrogen) atoms. The fourth-order valence-corrected chi connectivity index (χ4v) is 3.88. The van der Waals surface area contributed by atoms with Gasteiger partial charge >= 0.3 is 5.97 Å². The first kappa shape index (κ1) is 18.0. The van der Waals surface area contributed by atoms with Gasteiger partial charge < -0.3 is 10.4 Å². The standard InChI is InChI=1S/C17H17N3O5S/c21-15(12-3-1-2-4-13(12)16(22)23)19-17-18-14(9-26-17)10-5-7-11(8-6-10)20(24)25/h5-9,12-13H,1-4H2,(H,22,23)(H,18,19,21)/t12-,13+/m0/s1. The van der Waals surface area contributed by atoms with Crippen LogP contribution >= 0.6 is 11.3 Å². The van der Waals surface area contributed by atoms with Crippen LogP contribution in [0.3, 0.4) is 0 Å². The lowest BCUT2D eigenvalue weighted by molar-refractivity contribution is -0.384. The molecule has 0 spiro atoms. The number of thiazole rings is 1. The van der Waals surface area contributed by atoms with Crippen molar-refractivity contribution in [3.8, 4) is 11.3 Å². The van der Waals surface area contributed by atoms with Crippen molar-refractivity contribution in [1.82, 2.24) is 4.98 Å². The highest BCUT2D eigenvalue weighted by atomic mass is 32.1. The van der Waals surface area contributed by atoms with Crippen molar-refractivity contribution < 1.29 is 19.6 Å². The number of carboxylic acid groups (broad SMARTS) is 1. The molecule has 2 atom stereocenters. The van der Waals surface area contributed by atoms with Gasteiger partial charge in [0.1, 0.15) is 0 Å². The van der Waals surface area contributed by atoms with E-state index in [2.05, 4.69) is 10.3 Å². The van der Waals surface area contributed by atoms with Crippen LogP contribution in [0.1, 0.15) is 25.7 Å². The van der Waals surface area contributed by atoms with Gasteiger partial charge in [0, 0.05) is 23.1 Å². The average molecular weight is 375 g/mol. The number of amides is 1. The van der Waals surface area contributed by atoms with E-state index in [9.17, 15) is 24.8 Å². The molecule has 0 unspecified atom stereocenters. The highest BCUT2D eigenvalue weighted by Gasteiger charge is 2.35. The molecular formula is C17H17N3O5S. The first-order valence-corrected chi connectivity index (χ1v) is 9.07. The maximum absolute atomic E-state index is 12.5. The van der Waals surface area contributed by atoms with Crippen LogP contribution in [0.15, 0.2) is 29.6 Å². The summed E-state index contributed by atoms with van der Waals surface area (Å²) in [5, 5.41) is 24.8. The van der Waals surface area contributed by atoms with Crippen molar-refractivity contribution in [2.24, 2.45) is 11.8 Å². The van der Waals surface area contributed by atoms with Crippen molar-refractivity contribution in [1.29, 1.82) is 0 Å². The molecule has 8 nitrogen and oxygen atoms in total. The molecule has 3 rings (SSSR count). The second-order valence-corrected chi connectivity index (χ2v) is 7.02. The molecule has 2 aromatic rings. The minimum absolute atomic E-state index is 0.00508. The Balaban J connectivity index is 1.70. The number of nitro groups is 1. The van der Waals surface area contributed by atoms with Crippen LogP contribution in [0.25, 0.3) is 11.3 Å². The lowest BCUT2D eigenvalue weighted by Crippen LogP contribution is -2.36. The minimum atomic E-state index is -0.935. The number of aromatic nitrogens is 1. The molecule has 1 aromatic carbocycles. The van der Waals surface area contributed by atoms with Crippen molar-refractivity contribution in [2.45, 2.75) is 25.7 Å². The second-order valence-electron chi connectivity index (χ2n) is 6.17. The van der Waals surface area contributed by atoms with Gasteiger partial charge in [-0.05, 0) is 25.0 Å². The molecule has 1 aliphatic rings. The monoisotopic (exact) mass is 375 g/mol. The van der Waals surface area contributed by atoms with Gasteiger partial charge in [-0.15, -0.1) is 11.3 Å². The number of non-ortho nitro benzene ring substituents is 1. The summed E-state index contributed by atoms with van der Waals surface area (Å²) in [6.45, 7) is 0. The molecule has 0 bridgehead atoms. The maximum atomic E-state index is 12.5. The van der Waals surface area contributed by atoms with E-state index in [1.807, 2.05) is 0 Å².